The molecule has 29 heavy (non-hydrogen) atoms. The first-order valence-electron chi connectivity index (χ1n) is 10.5. The zero-order valence-electron chi connectivity index (χ0n) is 17.8. The van der Waals surface area contributed by atoms with E-state index in [-0.39, 0.29) is 18.9 Å². The molecule has 0 radical (unpaired) electrons. The molecule has 0 aliphatic heterocycles. The van der Waals surface area contributed by atoms with E-state index in [1.165, 1.54) is 55.4 Å². The van der Waals surface area contributed by atoms with E-state index in [9.17, 15) is 9.59 Å². The van der Waals surface area contributed by atoms with E-state index in [1.54, 1.807) is 12.1 Å². The highest BCUT2D eigenvalue weighted by atomic mass is 32.2. The Labute approximate surface area is 179 Å². The Morgan fingerprint density at radius 3 is 2.41 bits per heavy atom. The smallest absolute Gasteiger partial charge is 0.303 e. The van der Waals surface area contributed by atoms with Gasteiger partial charge in [-0.3, -0.25) is 14.4 Å². The van der Waals surface area contributed by atoms with E-state index in [2.05, 4.69) is 19.1 Å². The van der Waals surface area contributed by atoms with E-state index < -0.39 is 5.97 Å². The molecule has 1 N–H and O–H groups in total. The highest BCUT2D eigenvalue weighted by Gasteiger charge is 2.17. The molecule has 0 aromatic heterocycles. The van der Waals surface area contributed by atoms with Crippen LogP contribution < -0.4 is 0 Å². The number of unbranched alkanes of at least 4 members (excludes halogenated alkanes) is 6. The van der Waals surface area contributed by atoms with Crippen LogP contribution in [0, 0.1) is 0 Å². The van der Waals surface area contributed by atoms with Crippen LogP contribution in [0.25, 0.3) is 6.08 Å². The number of hydrogen-bond donors (Lipinski definition) is 1. The molecule has 0 atom stereocenters. The van der Waals surface area contributed by atoms with E-state index in [0.717, 1.165) is 12.0 Å². The van der Waals surface area contributed by atoms with Gasteiger partial charge in [-0.25, -0.2) is 5.06 Å². The molecule has 1 aromatic carbocycles. The summed E-state index contributed by atoms with van der Waals surface area (Å²) in [5.74, 6) is -0.774. The second kappa shape index (κ2) is 16.1. The maximum Gasteiger partial charge on any atom is 0.303 e. The standard InChI is InChI=1S/C23H35NO4S/c1-3-4-5-6-7-8-9-10-12-20-14-16-21(17-15-20)23(27)24(28-19-29-2)18-11-13-22(25)26/h10,12,14-17H,3-9,11,13,18-19H2,1-2H3,(H,25,26)/b12-10-. The molecule has 0 heterocycles. The number of hydrogen-bond acceptors (Lipinski definition) is 4. The van der Waals surface area contributed by atoms with Gasteiger partial charge in [0, 0.05) is 18.5 Å². The van der Waals surface area contributed by atoms with Gasteiger partial charge >= 0.3 is 5.97 Å². The van der Waals surface area contributed by atoms with Crippen molar-refractivity contribution in [2.24, 2.45) is 0 Å². The minimum absolute atomic E-state index is 0.00867. The molecule has 0 fully saturated rings. The summed E-state index contributed by atoms with van der Waals surface area (Å²) in [7, 11) is 0. The van der Waals surface area contributed by atoms with Crippen LogP contribution in [-0.2, 0) is 9.63 Å². The molecule has 0 saturated carbocycles. The van der Waals surface area contributed by atoms with Crippen molar-refractivity contribution in [3.05, 3.63) is 41.5 Å². The van der Waals surface area contributed by atoms with Crippen molar-refractivity contribution in [2.45, 2.75) is 64.7 Å². The van der Waals surface area contributed by atoms with Crippen molar-refractivity contribution < 1.29 is 19.5 Å². The molecule has 0 unspecified atom stereocenters. The van der Waals surface area contributed by atoms with E-state index >= 15 is 0 Å². The van der Waals surface area contributed by atoms with Gasteiger partial charge in [-0.15, -0.1) is 11.8 Å². The maximum atomic E-state index is 12.7. The van der Waals surface area contributed by atoms with Gasteiger partial charge in [-0.2, -0.15) is 0 Å². The van der Waals surface area contributed by atoms with Crippen LogP contribution >= 0.6 is 11.8 Å². The number of rotatable bonds is 16. The van der Waals surface area contributed by atoms with Crippen LogP contribution in [-0.4, -0.2) is 40.8 Å². The van der Waals surface area contributed by atoms with Crippen molar-refractivity contribution in [1.29, 1.82) is 0 Å². The average Bonchev–Trinajstić information content (AvgIpc) is 2.72. The Kier molecular flexibility index (Phi) is 14.0. The van der Waals surface area contributed by atoms with E-state index in [1.807, 2.05) is 18.4 Å². The van der Waals surface area contributed by atoms with Crippen molar-refractivity contribution in [1.82, 2.24) is 5.06 Å². The topological polar surface area (TPSA) is 66.8 Å². The Balaban J connectivity index is 2.50. The second-order valence-electron chi connectivity index (χ2n) is 7.02. The van der Waals surface area contributed by atoms with Gasteiger partial charge in [0.15, 0.2) is 0 Å². The molecule has 0 aliphatic rings. The number of carbonyl (C=O) groups excluding carboxylic acids is 1. The number of allylic oxidation sites excluding steroid dienone is 1. The Morgan fingerprint density at radius 2 is 1.76 bits per heavy atom. The normalized spacial score (nSPS) is 11.1. The van der Waals surface area contributed by atoms with Gasteiger partial charge < -0.3 is 5.11 Å². The van der Waals surface area contributed by atoms with Crippen LogP contribution in [0.1, 0.15) is 80.6 Å². The molecule has 0 bridgehead atoms. The zero-order chi connectivity index (χ0) is 21.3. The molecule has 1 amide bonds. The number of aliphatic carboxylic acids is 1. The lowest BCUT2D eigenvalue weighted by atomic mass is 10.1. The van der Waals surface area contributed by atoms with Gasteiger partial charge in [-0.05, 0) is 43.2 Å². The fourth-order valence-electron chi connectivity index (χ4n) is 2.86. The number of carboxylic acids is 1. The average molecular weight is 422 g/mol. The molecular formula is C23H35NO4S. The highest BCUT2D eigenvalue weighted by molar-refractivity contribution is 7.98. The molecule has 5 nitrogen and oxygen atoms in total. The largest absolute Gasteiger partial charge is 0.481 e. The summed E-state index contributed by atoms with van der Waals surface area (Å²) in [6.07, 6.45) is 15.4. The summed E-state index contributed by atoms with van der Waals surface area (Å²) in [5.41, 5.74) is 1.60. The summed E-state index contributed by atoms with van der Waals surface area (Å²) in [6.45, 7) is 2.49. The SMILES string of the molecule is CCCCCCCC/C=C\c1ccc(C(=O)N(CCCC(=O)O)OCSC)cc1. The van der Waals surface area contributed by atoms with Crippen LogP contribution in [0.3, 0.4) is 0 Å². The van der Waals surface area contributed by atoms with E-state index in [0.29, 0.717) is 17.9 Å². The molecule has 6 heteroatoms. The van der Waals surface area contributed by atoms with Crippen molar-refractivity contribution in [3.8, 4) is 0 Å². The van der Waals surface area contributed by atoms with Crippen LogP contribution in [0.2, 0.25) is 0 Å². The van der Waals surface area contributed by atoms with Gasteiger partial charge in [-0.1, -0.05) is 63.3 Å². The lowest BCUT2D eigenvalue weighted by Gasteiger charge is -2.21. The van der Waals surface area contributed by atoms with Gasteiger partial charge in [0.25, 0.3) is 5.91 Å². The minimum atomic E-state index is -0.876. The van der Waals surface area contributed by atoms with Gasteiger partial charge in [0.1, 0.15) is 5.94 Å². The van der Waals surface area contributed by atoms with Crippen LogP contribution in [0.5, 0.6) is 0 Å². The predicted octanol–water partition coefficient (Wildman–Crippen LogP) is 6.01. The quantitative estimate of drug-likeness (QED) is 0.201. The fourth-order valence-corrected chi connectivity index (χ4v) is 3.09. The molecule has 1 rings (SSSR count). The first kappa shape index (κ1) is 25.2. The number of carboxylic acid groups (broad SMARTS) is 1. The minimum Gasteiger partial charge on any atom is -0.481 e. The Morgan fingerprint density at radius 1 is 1.07 bits per heavy atom. The number of thioether (sulfide) groups is 1. The van der Waals surface area contributed by atoms with Crippen molar-refractivity contribution in [3.63, 3.8) is 0 Å². The van der Waals surface area contributed by atoms with Crippen molar-refractivity contribution in [2.75, 3.05) is 18.7 Å². The zero-order valence-corrected chi connectivity index (χ0v) is 18.6. The van der Waals surface area contributed by atoms with Crippen LogP contribution in [0.4, 0.5) is 0 Å². The maximum absolute atomic E-state index is 12.7. The predicted molar refractivity (Wildman–Crippen MR) is 121 cm³/mol. The van der Waals surface area contributed by atoms with E-state index in [4.69, 9.17) is 9.94 Å². The number of hydroxylamine groups is 2. The molecule has 0 spiro atoms. The summed E-state index contributed by atoms with van der Waals surface area (Å²) in [5, 5.41) is 10.1. The third-order valence-corrected chi connectivity index (χ3v) is 4.84. The summed E-state index contributed by atoms with van der Waals surface area (Å²) < 4.78 is 0. The first-order valence-corrected chi connectivity index (χ1v) is 11.9. The number of carbonyl (C=O) groups is 2. The first-order chi connectivity index (χ1) is 14.1. The van der Waals surface area contributed by atoms with Crippen molar-refractivity contribution >= 4 is 29.7 Å². The molecule has 162 valence electrons. The molecule has 0 aliphatic carbocycles. The van der Waals surface area contributed by atoms with Crippen LogP contribution in [0.15, 0.2) is 30.3 Å². The lowest BCUT2D eigenvalue weighted by molar-refractivity contribution is -0.138. The fraction of sp³-hybridized carbons (Fsp3) is 0.565. The highest BCUT2D eigenvalue weighted by Crippen LogP contribution is 2.13. The molecule has 0 saturated heterocycles. The Hall–Kier alpha value is -1.79. The number of amides is 1. The third-order valence-electron chi connectivity index (χ3n) is 4.50. The molecule has 1 aromatic rings. The van der Waals surface area contributed by atoms with Gasteiger partial charge in [0.05, 0.1) is 0 Å². The molecular weight excluding hydrogens is 386 g/mol. The Bertz CT molecular complexity index is 616. The number of benzene rings is 1. The summed E-state index contributed by atoms with van der Waals surface area (Å²) >= 11 is 1.46. The monoisotopic (exact) mass is 421 g/mol. The summed E-state index contributed by atoms with van der Waals surface area (Å²) in [6, 6.07) is 7.43. The summed E-state index contributed by atoms with van der Waals surface area (Å²) in [4.78, 5) is 28.9. The third kappa shape index (κ3) is 11.7. The lowest BCUT2D eigenvalue weighted by Crippen LogP contribution is -2.32. The number of nitrogens with zero attached hydrogens (tertiary/aromatic N) is 1. The second-order valence-corrected chi connectivity index (χ2v) is 7.83. The van der Waals surface area contributed by atoms with Gasteiger partial charge in [0.2, 0.25) is 0 Å².